The van der Waals surface area contributed by atoms with Crippen LogP contribution in [-0.4, -0.2) is 14.8 Å². The van der Waals surface area contributed by atoms with Crippen molar-refractivity contribution in [2.24, 2.45) is 7.05 Å². The Morgan fingerprint density at radius 1 is 1.23 bits per heavy atom. The smallest absolute Gasteiger partial charge is 0.0926 e. The molecule has 0 amide bonds. The third-order valence-electron chi connectivity index (χ3n) is 2.09. The summed E-state index contributed by atoms with van der Waals surface area (Å²) in [6, 6.07) is 5.98. The number of aryl methyl sites for hydroxylation is 2. The first-order valence-electron chi connectivity index (χ1n) is 4.18. The molecule has 0 N–H and O–H groups in total. The molecule has 66 valence electrons. The Hall–Kier alpha value is -1.64. The molecule has 0 aromatic carbocycles. The quantitative estimate of drug-likeness (QED) is 0.658. The molecule has 0 spiro atoms. The maximum atomic E-state index is 4.37. The molecule has 0 saturated heterocycles. The molecule has 0 radical (unpaired) electrons. The SMILES string of the molecule is Cc1cc(-c2ccncc2)nn1C. The summed E-state index contributed by atoms with van der Waals surface area (Å²) in [7, 11) is 1.94. The normalized spacial score (nSPS) is 10.3. The molecule has 2 aromatic rings. The van der Waals surface area contributed by atoms with Crippen LogP contribution in [0.25, 0.3) is 11.3 Å². The van der Waals surface area contributed by atoms with E-state index in [1.54, 1.807) is 12.4 Å². The van der Waals surface area contributed by atoms with E-state index >= 15 is 0 Å². The van der Waals surface area contributed by atoms with Crippen molar-refractivity contribution in [1.82, 2.24) is 14.8 Å². The number of rotatable bonds is 1. The Morgan fingerprint density at radius 3 is 2.46 bits per heavy atom. The van der Waals surface area contributed by atoms with Gasteiger partial charge in [0.15, 0.2) is 0 Å². The Kier molecular flexibility index (Phi) is 1.85. The van der Waals surface area contributed by atoms with Crippen molar-refractivity contribution in [2.75, 3.05) is 0 Å². The lowest BCUT2D eigenvalue weighted by Crippen LogP contribution is -1.92. The Bertz CT molecular complexity index is 384. The van der Waals surface area contributed by atoms with Crippen LogP contribution in [0, 0.1) is 6.92 Å². The van der Waals surface area contributed by atoms with Gasteiger partial charge in [-0.2, -0.15) is 5.10 Å². The standard InChI is InChI=1S/C10H11N3/c1-8-7-10(12-13(8)2)9-3-5-11-6-4-9/h3-7H,1-2H3. The van der Waals surface area contributed by atoms with Gasteiger partial charge in [0.05, 0.1) is 5.69 Å². The van der Waals surface area contributed by atoms with E-state index in [1.165, 1.54) is 0 Å². The number of aromatic nitrogens is 3. The molecular formula is C10H11N3. The van der Waals surface area contributed by atoms with Gasteiger partial charge in [0.1, 0.15) is 0 Å². The van der Waals surface area contributed by atoms with Crippen molar-refractivity contribution in [2.45, 2.75) is 6.92 Å². The minimum Gasteiger partial charge on any atom is -0.272 e. The fraction of sp³-hybridized carbons (Fsp3) is 0.200. The zero-order valence-electron chi connectivity index (χ0n) is 7.73. The van der Waals surface area contributed by atoms with E-state index in [0.29, 0.717) is 0 Å². The van der Waals surface area contributed by atoms with Crippen LogP contribution in [0.3, 0.4) is 0 Å². The van der Waals surface area contributed by atoms with Gasteiger partial charge in [-0.1, -0.05) is 0 Å². The van der Waals surface area contributed by atoms with Crippen LogP contribution in [0.4, 0.5) is 0 Å². The first-order valence-corrected chi connectivity index (χ1v) is 4.18. The van der Waals surface area contributed by atoms with Gasteiger partial charge in [-0.25, -0.2) is 0 Å². The van der Waals surface area contributed by atoms with Crippen molar-refractivity contribution in [3.63, 3.8) is 0 Å². The van der Waals surface area contributed by atoms with E-state index in [-0.39, 0.29) is 0 Å². The first-order chi connectivity index (χ1) is 6.27. The zero-order valence-corrected chi connectivity index (χ0v) is 7.73. The maximum absolute atomic E-state index is 4.37. The summed E-state index contributed by atoms with van der Waals surface area (Å²) in [4.78, 5) is 3.97. The monoisotopic (exact) mass is 173 g/mol. The highest BCUT2D eigenvalue weighted by Crippen LogP contribution is 2.16. The number of hydrogen-bond acceptors (Lipinski definition) is 2. The van der Waals surface area contributed by atoms with E-state index < -0.39 is 0 Å². The number of nitrogens with zero attached hydrogens (tertiary/aromatic N) is 3. The summed E-state index contributed by atoms with van der Waals surface area (Å²) in [5, 5.41) is 4.37. The van der Waals surface area contributed by atoms with E-state index in [1.807, 2.05) is 30.8 Å². The first kappa shape index (κ1) is 7.98. The minimum absolute atomic E-state index is 1.00. The van der Waals surface area contributed by atoms with Crippen molar-refractivity contribution >= 4 is 0 Å². The molecule has 2 aromatic heterocycles. The van der Waals surface area contributed by atoms with Crippen LogP contribution < -0.4 is 0 Å². The average molecular weight is 173 g/mol. The van der Waals surface area contributed by atoms with Crippen molar-refractivity contribution in [1.29, 1.82) is 0 Å². The Morgan fingerprint density at radius 2 is 1.92 bits per heavy atom. The van der Waals surface area contributed by atoms with Gasteiger partial charge in [0.2, 0.25) is 0 Å². The molecule has 3 heteroatoms. The van der Waals surface area contributed by atoms with Crippen molar-refractivity contribution < 1.29 is 0 Å². The second-order valence-corrected chi connectivity index (χ2v) is 3.03. The van der Waals surface area contributed by atoms with E-state index in [9.17, 15) is 0 Å². The van der Waals surface area contributed by atoms with Crippen LogP contribution in [-0.2, 0) is 7.05 Å². The van der Waals surface area contributed by atoms with E-state index in [0.717, 1.165) is 17.0 Å². The molecule has 0 saturated carbocycles. The lowest BCUT2D eigenvalue weighted by molar-refractivity contribution is 0.743. The molecule has 13 heavy (non-hydrogen) atoms. The number of hydrogen-bond donors (Lipinski definition) is 0. The van der Waals surface area contributed by atoms with Gasteiger partial charge >= 0.3 is 0 Å². The van der Waals surface area contributed by atoms with Crippen molar-refractivity contribution in [3.05, 3.63) is 36.3 Å². The molecule has 0 unspecified atom stereocenters. The molecule has 0 atom stereocenters. The van der Waals surface area contributed by atoms with E-state index in [2.05, 4.69) is 16.1 Å². The summed E-state index contributed by atoms with van der Waals surface area (Å²) in [6.07, 6.45) is 3.55. The highest BCUT2D eigenvalue weighted by atomic mass is 15.3. The molecule has 0 bridgehead atoms. The largest absolute Gasteiger partial charge is 0.272 e. The number of pyridine rings is 1. The Labute approximate surface area is 77.0 Å². The van der Waals surface area contributed by atoms with Crippen LogP contribution in [0.2, 0.25) is 0 Å². The van der Waals surface area contributed by atoms with Crippen LogP contribution >= 0.6 is 0 Å². The molecule has 0 aliphatic carbocycles. The average Bonchev–Trinajstić information content (AvgIpc) is 2.49. The molecule has 0 fully saturated rings. The van der Waals surface area contributed by atoms with Gasteiger partial charge in [-0.15, -0.1) is 0 Å². The Balaban J connectivity index is 2.48. The van der Waals surface area contributed by atoms with Gasteiger partial charge in [0, 0.05) is 30.7 Å². The predicted octanol–water partition coefficient (Wildman–Crippen LogP) is 1.79. The molecular weight excluding hydrogens is 162 g/mol. The summed E-state index contributed by atoms with van der Waals surface area (Å²) in [5.41, 5.74) is 3.27. The van der Waals surface area contributed by atoms with Crippen LogP contribution in [0.15, 0.2) is 30.6 Å². The minimum atomic E-state index is 1.00. The van der Waals surface area contributed by atoms with Gasteiger partial charge < -0.3 is 0 Å². The topological polar surface area (TPSA) is 30.7 Å². The third-order valence-corrected chi connectivity index (χ3v) is 2.09. The molecule has 2 heterocycles. The molecule has 0 aliphatic rings. The van der Waals surface area contributed by atoms with Gasteiger partial charge in [0.25, 0.3) is 0 Å². The van der Waals surface area contributed by atoms with Crippen LogP contribution in [0.5, 0.6) is 0 Å². The highest BCUT2D eigenvalue weighted by molar-refractivity contribution is 5.58. The van der Waals surface area contributed by atoms with Crippen molar-refractivity contribution in [3.8, 4) is 11.3 Å². The fourth-order valence-electron chi connectivity index (χ4n) is 1.22. The third kappa shape index (κ3) is 1.45. The fourth-order valence-corrected chi connectivity index (χ4v) is 1.22. The van der Waals surface area contributed by atoms with Gasteiger partial charge in [-0.3, -0.25) is 9.67 Å². The van der Waals surface area contributed by atoms with Gasteiger partial charge in [-0.05, 0) is 25.1 Å². The molecule has 0 aliphatic heterocycles. The summed E-state index contributed by atoms with van der Waals surface area (Å²) >= 11 is 0. The second kappa shape index (κ2) is 3.01. The summed E-state index contributed by atoms with van der Waals surface area (Å²) < 4.78 is 1.87. The predicted molar refractivity (Wildman–Crippen MR) is 51.2 cm³/mol. The zero-order chi connectivity index (χ0) is 9.26. The molecule has 3 nitrogen and oxygen atoms in total. The maximum Gasteiger partial charge on any atom is 0.0926 e. The highest BCUT2D eigenvalue weighted by Gasteiger charge is 2.02. The second-order valence-electron chi connectivity index (χ2n) is 3.03. The molecule has 2 rings (SSSR count). The van der Waals surface area contributed by atoms with E-state index in [4.69, 9.17) is 0 Å². The van der Waals surface area contributed by atoms with Crippen LogP contribution in [0.1, 0.15) is 5.69 Å². The summed E-state index contributed by atoms with van der Waals surface area (Å²) in [6.45, 7) is 2.04. The lowest BCUT2D eigenvalue weighted by Gasteiger charge is -1.93. The lowest BCUT2D eigenvalue weighted by atomic mass is 10.2. The summed E-state index contributed by atoms with van der Waals surface area (Å²) in [5.74, 6) is 0.